The van der Waals surface area contributed by atoms with Gasteiger partial charge in [0.1, 0.15) is 11.5 Å². The second-order valence-electron chi connectivity index (χ2n) is 6.65. The molecule has 0 spiro atoms. The first-order valence-electron chi connectivity index (χ1n) is 7.77. The Balaban J connectivity index is 1.87. The lowest BCUT2D eigenvalue weighted by Crippen LogP contribution is -2.33. The smallest absolute Gasteiger partial charge is 0.115 e. The maximum absolute atomic E-state index is 9.59. The minimum atomic E-state index is 0.0598. The predicted octanol–water partition coefficient (Wildman–Crippen LogP) is 4.20. The molecule has 21 heavy (non-hydrogen) atoms. The van der Waals surface area contributed by atoms with Crippen LogP contribution in [-0.2, 0) is 5.41 Å². The standard InChI is InChI=1S/C19H20O2/c20-17-7-3-14(4-8-17)19(12-13-1-2-16(19)11-13)15-5-9-18(21)10-6-15/h3-10,13,16,20-21H,1-2,11-12H2/t13-,16?/m1/s1. The monoisotopic (exact) mass is 280 g/mol. The van der Waals surface area contributed by atoms with Crippen LogP contribution < -0.4 is 0 Å². The molecule has 2 nitrogen and oxygen atoms in total. The van der Waals surface area contributed by atoms with E-state index in [1.165, 1.54) is 36.8 Å². The summed E-state index contributed by atoms with van der Waals surface area (Å²) in [5.74, 6) is 2.14. The van der Waals surface area contributed by atoms with E-state index in [2.05, 4.69) is 24.3 Å². The first-order valence-corrected chi connectivity index (χ1v) is 7.77. The molecule has 0 heterocycles. The van der Waals surface area contributed by atoms with Crippen molar-refractivity contribution in [2.45, 2.75) is 31.1 Å². The minimum Gasteiger partial charge on any atom is -0.508 e. The van der Waals surface area contributed by atoms with Crippen molar-refractivity contribution in [1.82, 2.24) is 0 Å². The van der Waals surface area contributed by atoms with E-state index in [4.69, 9.17) is 0 Å². The highest BCUT2D eigenvalue weighted by Gasteiger charge is 2.52. The average molecular weight is 280 g/mol. The zero-order chi connectivity index (χ0) is 14.4. The molecule has 0 saturated heterocycles. The van der Waals surface area contributed by atoms with Crippen molar-refractivity contribution >= 4 is 0 Å². The van der Waals surface area contributed by atoms with E-state index in [0.29, 0.717) is 17.4 Å². The lowest BCUT2D eigenvalue weighted by atomic mass is 9.64. The highest BCUT2D eigenvalue weighted by molar-refractivity contribution is 5.45. The van der Waals surface area contributed by atoms with Gasteiger partial charge >= 0.3 is 0 Å². The number of benzene rings is 2. The summed E-state index contributed by atoms with van der Waals surface area (Å²) in [6.45, 7) is 0. The summed E-state index contributed by atoms with van der Waals surface area (Å²) < 4.78 is 0. The number of rotatable bonds is 2. The van der Waals surface area contributed by atoms with Gasteiger partial charge < -0.3 is 10.2 Å². The quantitative estimate of drug-likeness (QED) is 0.865. The molecule has 2 aromatic rings. The largest absolute Gasteiger partial charge is 0.508 e. The summed E-state index contributed by atoms with van der Waals surface area (Å²) in [4.78, 5) is 0. The predicted molar refractivity (Wildman–Crippen MR) is 82.4 cm³/mol. The lowest BCUT2D eigenvalue weighted by Gasteiger charge is -2.39. The van der Waals surface area contributed by atoms with Gasteiger partial charge in [-0.3, -0.25) is 0 Å². The first kappa shape index (κ1) is 12.8. The van der Waals surface area contributed by atoms with Crippen LogP contribution in [0, 0.1) is 11.8 Å². The van der Waals surface area contributed by atoms with Gasteiger partial charge in [-0.25, -0.2) is 0 Å². The molecule has 2 atom stereocenters. The molecule has 2 N–H and O–H groups in total. The Bertz CT molecular complexity index is 597. The van der Waals surface area contributed by atoms with Crippen molar-refractivity contribution < 1.29 is 10.2 Å². The van der Waals surface area contributed by atoms with E-state index in [9.17, 15) is 10.2 Å². The van der Waals surface area contributed by atoms with Crippen molar-refractivity contribution in [2.75, 3.05) is 0 Å². The van der Waals surface area contributed by atoms with Crippen molar-refractivity contribution in [1.29, 1.82) is 0 Å². The van der Waals surface area contributed by atoms with Gasteiger partial charge in [0.15, 0.2) is 0 Å². The van der Waals surface area contributed by atoms with Gasteiger partial charge in [-0.15, -0.1) is 0 Å². The Morgan fingerprint density at radius 3 is 1.67 bits per heavy atom. The molecule has 0 radical (unpaired) electrons. The van der Waals surface area contributed by atoms with Crippen molar-refractivity contribution in [3.63, 3.8) is 0 Å². The number of aromatic hydroxyl groups is 2. The number of hydrogen-bond donors (Lipinski definition) is 2. The molecular weight excluding hydrogens is 260 g/mol. The molecular formula is C19H20O2. The van der Waals surface area contributed by atoms with E-state index in [1.54, 1.807) is 24.3 Å². The Hall–Kier alpha value is -1.96. The van der Waals surface area contributed by atoms with Crippen molar-refractivity contribution in [3.8, 4) is 11.5 Å². The maximum atomic E-state index is 9.59. The second kappa shape index (κ2) is 4.52. The molecule has 2 aliphatic carbocycles. The van der Waals surface area contributed by atoms with Gasteiger partial charge in [0, 0.05) is 5.41 Å². The second-order valence-corrected chi connectivity index (χ2v) is 6.65. The van der Waals surface area contributed by atoms with E-state index in [0.717, 1.165) is 5.92 Å². The van der Waals surface area contributed by atoms with E-state index < -0.39 is 0 Å². The summed E-state index contributed by atoms with van der Waals surface area (Å²) in [5, 5.41) is 19.2. The Morgan fingerprint density at radius 2 is 1.29 bits per heavy atom. The molecule has 0 aromatic heterocycles. The minimum absolute atomic E-state index is 0.0598. The third-order valence-corrected chi connectivity index (χ3v) is 5.61. The summed E-state index contributed by atoms with van der Waals surface area (Å²) in [6.07, 6.45) is 5.13. The van der Waals surface area contributed by atoms with Gasteiger partial charge in [0.2, 0.25) is 0 Å². The Kier molecular flexibility index (Phi) is 2.75. The number of phenols is 2. The van der Waals surface area contributed by atoms with Crippen LogP contribution in [0.4, 0.5) is 0 Å². The van der Waals surface area contributed by atoms with Crippen LogP contribution >= 0.6 is 0 Å². The van der Waals surface area contributed by atoms with Gasteiger partial charge in [0.05, 0.1) is 0 Å². The highest BCUT2D eigenvalue weighted by atomic mass is 16.3. The molecule has 2 heteroatoms. The summed E-state index contributed by atoms with van der Waals surface area (Å²) in [6, 6.07) is 15.5. The fourth-order valence-electron chi connectivity index (χ4n) is 4.72. The molecule has 2 bridgehead atoms. The van der Waals surface area contributed by atoms with E-state index in [-0.39, 0.29) is 5.41 Å². The normalized spacial score (nSPS) is 26.1. The summed E-state index contributed by atoms with van der Waals surface area (Å²) in [5.41, 5.74) is 2.67. The van der Waals surface area contributed by atoms with Crippen LogP contribution in [0.25, 0.3) is 0 Å². The lowest BCUT2D eigenvalue weighted by molar-refractivity contribution is 0.319. The topological polar surface area (TPSA) is 40.5 Å². The average Bonchev–Trinajstić information content (AvgIpc) is 3.10. The fourth-order valence-corrected chi connectivity index (χ4v) is 4.72. The van der Waals surface area contributed by atoms with Crippen LogP contribution in [0.3, 0.4) is 0 Å². The zero-order valence-electron chi connectivity index (χ0n) is 12.0. The third kappa shape index (κ3) is 1.85. The number of phenolic OH excluding ortho intramolecular Hbond substituents is 2. The summed E-state index contributed by atoms with van der Waals surface area (Å²) >= 11 is 0. The zero-order valence-corrected chi connectivity index (χ0v) is 12.0. The molecule has 1 unspecified atom stereocenters. The van der Waals surface area contributed by atoms with Crippen LogP contribution in [0.15, 0.2) is 48.5 Å². The fraction of sp³-hybridized carbons (Fsp3) is 0.368. The number of hydrogen-bond acceptors (Lipinski definition) is 2. The van der Waals surface area contributed by atoms with Crippen LogP contribution in [0.5, 0.6) is 11.5 Å². The first-order chi connectivity index (χ1) is 10.2. The highest BCUT2D eigenvalue weighted by Crippen LogP contribution is 2.60. The van der Waals surface area contributed by atoms with Crippen LogP contribution in [0.1, 0.15) is 36.8 Å². The van der Waals surface area contributed by atoms with E-state index >= 15 is 0 Å². The Morgan fingerprint density at radius 1 is 0.762 bits per heavy atom. The van der Waals surface area contributed by atoms with Gasteiger partial charge in [-0.1, -0.05) is 30.7 Å². The molecule has 4 rings (SSSR count). The number of fused-ring (bicyclic) bond motifs is 2. The molecule has 0 aliphatic heterocycles. The summed E-state index contributed by atoms with van der Waals surface area (Å²) in [7, 11) is 0. The van der Waals surface area contributed by atoms with Gasteiger partial charge in [0.25, 0.3) is 0 Å². The van der Waals surface area contributed by atoms with E-state index in [1.807, 2.05) is 0 Å². The molecule has 2 aliphatic rings. The van der Waals surface area contributed by atoms with Crippen LogP contribution in [0.2, 0.25) is 0 Å². The molecule has 2 saturated carbocycles. The maximum Gasteiger partial charge on any atom is 0.115 e. The van der Waals surface area contributed by atoms with Crippen molar-refractivity contribution in [3.05, 3.63) is 59.7 Å². The van der Waals surface area contributed by atoms with Crippen LogP contribution in [-0.4, -0.2) is 10.2 Å². The molecule has 2 aromatic carbocycles. The molecule has 0 amide bonds. The molecule has 2 fully saturated rings. The third-order valence-electron chi connectivity index (χ3n) is 5.61. The van der Waals surface area contributed by atoms with Gasteiger partial charge in [-0.2, -0.15) is 0 Å². The van der Waals surface area contributed by atoms with Gasteiger partial charge in [-0.05, 0) is 66.5 Å². The Labute approximate surface area is 125 Å². The molecule has 108 valence electrons. The SMILES string of the molecule is Oc1ccc(C2(c3ccc(O)cc3)C[C@@H]3CCC2C3)cc1. The van der Waals surface area contributed by atoms with Crippen molar-refractivity contribution in [2.24, 2.45) is 11.8 Å².